The van der Waals surface area contributed by atoms with Crippen LogP contribution < -0.4 is 9.62 Å². The van der Waals surface area contributed by atoms with Crippen LogP contribution in [0, 0.1) is 6.92 Å². The number of benzene rings is 2. The Bertz CT molecular complexity index is 1350. The summed E-state index contributed by atoms with van der Waals surface area (Å²) in [4.78, 5) is 13.1. The largest absolute Gasteiger partial charge is 0.444 e. The van der Waals surface area contributed by atoms with E-state index in [0.29, 0.717) is 11.4 Å². The number of hydrogen-bond donors (Lipinski definition) is 1. The van der Waals surface area contributed by atoms with Crippen molar-refractivity contribution in [2.45, 2.75) is 11.8 Å². The van der Waals surface area contributed by atoms with E-state index in [1.54, 1.807) is 36.5 Å². The lowest BCUT2D eigenvalue weighted by Crippen LogP contribution is -2.29. The monoisotopic (exact) mass is 465 g/mol. The van der Waals surface area contributed by atoms with Gasteiger partial charge in [-0.1, -0.05) is 0 Å². The van der Waals surface area contributed by atoms with Gasteiger partial charge < -0.3 is 14.2 Å². The molecule has 172 valence electrons. The van der Waals surface area contributed by atoms with Gasteiger partial charge in [-0.2, -0.15) is 0 Å². The highest BCUT2D eigenvalue weighted by molar-refractivity contribution is 7.92. The van der Waals surface area contributed by atoms with Crippen LogP contribution in [0.1, 0.15) is 5.56 Å². The van der Waals surface area contributed by atoms with Crippen LogP contribution in [0.5, 0.6) is 0 Å². The molecular formula is C24H27N5O3S. The molecule has 0 radical (unpaired) electrons. The molecule has 0 amide bonds. The quantitative estimate of drug-likeness (QED) is 0.421. The van der Waals surface area contributed by atoms with Crippen LogP contribution in [-0.4, -0.2) is 57.5 Å². The van der Waals surface area contributed by atoms with Crippen LogP contribution in [0.2, 0.25) is 0 Å². The first-order valence-electron chi connectivity index (χ1n) is 10.5. The van der Waals surface area contributed by atoms with Crippen LogP contribution in [0.15, 0.2) is 70.4 Å². The Balaban J connectivity index is 1.56. The molecule has 2 heterocycles. The fourth-order valence-corrected chi connectivity index (χ4v) is 4.52. The molecule has 0 unspecified atom stereocenters. The summed E-state index contributed by atoms with van der Waals surface area (Å²) in [6, 6.07) is 13.9. The first kappa shape index (κ1) is 22.8. The van der Waals surface area contributed by atoms with Gasteiger partial charge in [0.2, 0.25) is 0 Å². The van der Waals surface area contributed by atoms with E-state index in [9.17, 15) is 8.42 Å². The molecular weight excluding hydrogens is 438 g/mol. The number of anilines is 2. The molecule has 0 saturated carbocycles. The van der Waals surface area contributed by atoms with Crippen molar-refractivity contribution in [2.75, 3.05) is 43.9 Å². The Labute approximate surface area is 193 Å². The zero-order valence-corrected chi connectivity index (χ0v) is 19.9. The maximum atomic E-state index is 12.9. The highest BCUT2D eigenvalue weighted by atomic mass is 32.2. The number of pyridine rings is 1. The summed E-state index contributed by atoms with van der Waals surface area (Å²) in [5, 5.41) is 0.903. The minimum absolute atomic E-state index is 0.165. The molecule has 2 aromatic carbocycles. The van der Waals surface area contributed by atoms with E-state index >= 15 is 0 Å². The SMILES string of the molecule is Cc1cc(N(C)CCN(C)C)nc2ccc(NS(=O)(=O)c3ccc(-c4cnco4)cc3)cc12. The average Bonchev–Trinajstić information content (AvgIpc) is 3.32. The highest BCUT2D eigenvalue weighted by Crippen LogP contribution is 2.27. The van der Waals surface area contributed by atoms with Gasteiger partial charge in [0.25, 0.3) is 10.0 Å². The number of aryl methyl sites for hydroxylation is 1. The molecule has 1 N–H and O–H groups in total. The lowest BCUT2D eigenvalue weighted by Gasteiger charge is -2.21. The molecule has 0 spiro atoms. The zero-order chi connectivity index (χ0) is 23.6. The summed E-state index contributed by atoms with van der Waals surface area (Å²) in [6.45, 7) is 3.79. The van der Waals surface area contributed by atoms with Gasteiger partial charge in [0, 0.05) is 36.8 Å². The Morgan fingerprint density at radius 2 is 1.76 bits per heavy atom. The number of hydrogen-bond acceptors (Lipinski definition) is 7. The number of nitrogens with one attached hydrogen (secondary N) is 1. The predicted octanol–water partition coefficient (Wildman–Crippen LogP) is 4.00. The van der Waals surface area contributed by atoms with Gasteiger partial charge in [0.1, 0.15) is 5.82 Å². The second-order valence-corrected chi connectivity index (χ2v) is 9.93. The molecule has 8 nitrogen and oxygen atoms in total. The third kappa shape index (κ3) is 5.15. The van der Waals surface area contributed by atoms with Crippen LogP contribution in [0.4, 0.5) is 11.5 Å². The Morgan fingerprint density at radius 1 is 1.00 bits per heavy atom. The van der Waals surface area contributed by atoms with E-state index in [0.717, 1.165) is 40.9 Å². The van der Waals surface area contributed by atoms with Crippen LogP contribution in [0.25, 0.3) is 22.2 Å². The maximum absolute atomic E-state index is 12.9. The number of rotatable bonds is 8. The number of nitrogens with zero attached hydrogens (tertiary/aromatic N) is 4. The van der Waals surface area contributed by atoms with Gasteiger partial charge in [-0.3, -0.25) is 4.72 Å². The Kier molecular flexibility index (Phi) is 6.35. The average molecular weight is 466 g/mol. The maximum Gasteiger partial charge on any atom is 0.261 e. The normalized spacial score (nSPS) is 11.8. The predicted molar refractivity (Wildman–Crippen MR) is 131 cm³/mol. The van der Waals surface area contributed by atoms with Gasteiger partial charge in [0.15, 0.2) is 12.2 Å². The van der Waals surface area contributed by atoms with Crippen LogP contribution in [-0.2, 0) is 10.0 Å². The smallest absolute Gasteiger partial charge is 0.261 e. The van der Waals surface area contributed by atoms with Crippen molar-refractivity contribution in [3.63, 3.8) is 0 Å². The number of fused-ring (bicyclic) bond motifs is 1. The van der Waals surface area contributed by atoms with E-state index < -0.39 is 10.0 Å². The van der Waals surface area contributed by atoms with E-state index in [1.807, 2.05) is 46.3 Å². The van der Waals surface area contributed by atoms with Gasteiger partial charge in [-0.05, 0) is 75.1 Å². The molecule has 33 heavy (non-hydrogen) atoms. The van der Waals surface area contributed by atoms with E-state index in [-0.39, 0.29) is 4.90 Å². The molecule has 0 aliphatic heterocycles. The zero-order valence-electron chi connectivity index (χ0n) is 19.1. The molecule has 0 fully saturated rings. The fourth-order valence-electron chi connectivity index (χ4n) is 3.47. The third-order valence-electron chi connectivity index (χ3n) is 5.41. The lowest BCUT2D eigenvalue weighted by molar-refractivity contribution is 0.416. The summed E-state index contributed by atoms with van der Waals surface area (Å²) in [5.74, 6) is 1.47. The summed E-state index contributed by atoms with van der Waals surface area (Å²) >= 11 is 0. The molecule has 2 aromatic heterocycles. The third-order valence-corrected chi connectivity index (χ3v) is 6.81. The number of likely N-dealkylation sites (N-methyl/N-ethyl adjacent to an activating group) is 2. The van der Waals surface area contributed by atoms with E-state index in [2.05, 4.69) is 19.5 Å². The second-order valence-electron chi connectivity index (χ2n) is 8.25. The lowest BCUT2D eigenvalue weighted by atomic mass is 10.1. The second kappa shape index (κ2) is 9.21. The van der Waals surface area contributed by atoms with Crippen molar-refractivity contribution < 1.29 is 12.8 Å². The fraction of sp³-hybridized carbons (Fsp3) is 0.250. The van der Waals surface area contributed by atoms with Crippen molar-refractivity contribution in [1.29, 1.82) is 0 Å². The molecule has 0 aliphatic rings. The minimum Gasteiger partial charge on any atom is -0.444 e. The van der Waals surface area contributed by atoms with E-state index in [1.165, 1.54) is 6.39 Å². The Morgan fingerprint density at radius 3 is 2.42 bits per heavy atom. The van der Waals surface area contributed by atoms with Crippen molar-refractivity contribution in [3.05, 3.63) is 66.7 Å². The van der Waals surface area contributed by atoms with Crippen molar-refractivity contribution in [3.8, 4) is 11.3 Å². The molecule has 4 aromatic rings. The van der Waals surface area contributed by atoms with E-state index in [4.69, 9.17) is 9.40 Å². The number of aromatic nitrogens is 2. The van der Waals surface area contributed by atoms with Gasteiger partial charge in [-0.15, -0.1) is 0 Å². The molecule has 4 rings (SSSR count). The molecule has 0 saturated heterocycles. The molecule has 0 aliphatic carbocycles. The topological polar surface area (TPSA) is 91.6 Å². The van der Waals surface area contributed by atoms with Crippen LogP contribution >= 0.6 is 0 Å². The first-order chi connectivity index (χ1) is 15.7. The first-order valence-corrected chi connectivity index (χ1v) is 12.0. The number of sulfonamides is 1. The van der Waals surface area contributed by atoms with Crippen molar-refractivity contribution in [1.82, 2.24) is 14.9 Å². The summed E-state index contributed by atoms with van der Waals surface area (Å²) < 4.78 is 33.8. The Hall–Kier alpha value is -3.43. The van der Waals surface area contributed by atoms with Crippen molar-refractivity contribution in [2.24, 2.45) is 0 Å². The summed E-state index contributed by atoms with van der Waals surface area (Å²) in [5.41, 5.74) is 3.09. The minimum atomic E-state index is -3.75. The highest BCUT2D eigenvalue weighted by Gasteiger charge is 2.16. The van der Waals surface area contributed by atoms with Gasteiger partial charge >= 0.3 is 0 Å². The number of oxazole rings is 1. The van der Waals surface area contributed by atoms with Gasteiger partial charge in [0.05, 0.1) is 16.6 Å². The van der Waals surface area contributed by atoms with Gasteiger partial charge in [-0.25, -0.2) is 18.4 Å². The summed E-state index contributed by atoms with van der Waals surface area (Å²) in [6.07, 6.45) is 2.92. The molecule has 0 atom stereocenters. The van der Waals surface area contributed by atoms with Crippen molar-refractivity contribution >= 4 is 32.4 Å². The summed E-state index contributed by atoms with van der Waals surface area (Å²) in [7, 11) is 2.36. The standard InChI is InChI=1S/C24H27N5O3S/c1-17-13-24(29(4)12-11-28(2)3)26-22-10-7-19(14-21(17)22)27-33(30,31)20-8-5-18(6-9-20)23-15-25-16-32-23/h5-10,13-16,27H,11-12H2,1-4H3. The van der Waals surface area contributed by atoms with Crippen LogP contribution in [0.3, 0.4) is 0 Å². The molecule has 9 heteroatoms. The molecule has 0 bridgehead atoms.